The Balaban J connectivity index is 1.60. The Morgan fingerprint density at radius 1 is 1.00 bits per heavy atom. The molecule has 2 aliphatic heterocycles. The van der Waals surface area contributed by atoms with Gasteiger partial charge in [-0.2, -0.15) is 0 Å². The van der Waals surface area contributed by atoms with Crippen LogP contribution in [0.2, 0.25) is 0 Å². The molecule has 0 N–H and O–H groups in total. The fourth-order valence-corrected chi connectivity index (χ4v) is 4.39. The summed E-state index contributed by atoms with van der Waals surface area (Å²) < 4.78 is 0. The average molecular weight is 382 g/mol. The van der Waals surface area contributed by atoms with Crippen LogP contribution in [0, 0.1) is 0 Å². The molecule has 0 aromatic carbocycles. The fourth-order valence-electron chi connectivity index (χ4n) is 3.63. The molecular formula is C20H22N4O2S. The maximum atomic E-state index is 13.0. The molecule has 140 valence electrons. The lowest BCUT2D eigenvalue weighted by atomic mass is 10.1. The molecule has 4 heterocycles. The molecular weight excluding hydrogens is 360 g/mol. The van der Waals surface area contributed by atoms with Crippen molar-refractivity contribution in [3.63, 3.8) is 0 Å². The van der Waals surface area contributed by atoms with Gasteiger partial charge in [-0.25, -0.2) is 4.98 Å². The molecule has 1 saturated heterocycles. The van der Waals surface area contributed by atoms with Gasteiger partial charge in [0.05, 0.1) is 5.57 Å². The van der Waals surface area contributed by atoms with Crippen LogP contribution in [0.5, 0.6) is 0 Å². The highest BCUT2D eigenvalue weighted by Gasteiger charge is 2.42. The number of anilines is 1. The second kappa shape index (κ2) is 7.52. The third-order valence-electron chi connectivity index (χ3n) is 4.93. The van der Waals surface area contributed by atoms with Crippen molar-refractivity contribution in [2.45, 2.75) is 13.3 Å². The van der Waals surface area contributed by atoms with Crippen molar-refractivity contribution in [1.29, 1.82) is 0 Å². The number of nitrogens with zero attached hydrogens (tertiary/aromatic N) is 4. The number of rotatable bonds is 5. The Morgan fingerprint density at radius 2 is 1.78 bits per heavy atom. The molecule has 2 amide bonds. The molecule has 0 unspecified atom stereocenters. The van der Waals surface area contributed by atoms with Crippen molar-refractivity contribution in [2.24, 2.45) is 0 Å². The molecule has 27 heavy (non-hydrogen) atoms. The first-order valence-corrected chi connectivity index (χ1v) is 10.1. The first-order chi connectivity index (χ1) is 13.2. The van der Waals surface area contributed by atoms with Crippen LogP contribution in [0.15, 0.2) is 47.6 Å². The van der Waals surface area contributed by atoms with Crippen molar-refractivity contribution in [1.82, 2.24) is 14.8 Å². The Hall–Kier alpha value is -2.67. The molecule has 7 heteroatoms. The highest BCUT2D eigenvalue weighted by molar-refractivity contribution is 7.11. The van der Waals surface area contributed by atoms with Crippen LogP contribution in [0.25, 0.3) is 5.57 Å². The van der Waals surface area contributed by atoms with E-state index in [-0.39, 0.29) is 11.8 Å². The SMILES string of the molecule is CCCN1C(=O)C(c2cccs2)=C(N2CCN(c3ccccn3)CC2)C1=O. The molecule has 2 aliphatic rings. The lowest BCUT2D eigenvalue weighted by molar-refractivity contribution is -0.137. The number of hydrogen-bond donors (Lipinski definition) is 0. The molecule has 2 aromatic rings. The Kier molecular flexibility index (Phi) is 4.94. The van der Waals surface area contributed by atoms with Crippen molar-refractivity contribution in [2.75, 3.05) is 37.6 Å². The molecule has 4 rings (SSSR count). The minimum atomic E-state index is -0.161. The average Bonchev–Trinajstić information content (AvgIpc) is 3.31. The van der Waals surface area contributed by atoms with Gasteiger partial charge in [0.1, 0.15) is 11.5 Å². The van der Waals surface area contributed by atoms with Gasteiger partial charge in [-0.1, -0.05) is 19.1 Å². The number of carbonyl (C=O) groups excluding carboxylic acids is 2. The van der Waals surface area contributed by atoms with Gasteiger partial charge in [0.15, 0.2) is 0 Å². The minimum absolute atomic E-state index is 0.156. The number of aromatic nitrogens is 1. The van der Waals surface area contributed by atoms with Gasteiger partial charge in [0, 0.05) is 43.8 Å². The minimum Gasteiger partial charge on any atom is -0.363 e. The summed E-state index contributed by atoms with van der Waals surface area (Å²) in [7, 11) is 0. The van der Waals surface area contributed by atoms with Crippen molar-refractivity contribution in [3.8, 4) is 0 Å². The number of pyridine rings is 1. The van der Waals surface area contributed by atoms with Crippen molar-refractivity contribution < 1.29 is 9.59 Å². The van der Waals surface area contributed by atoms with Gasteiger partial charge in [-0.05, 0) is 30.0 Å². The molecule has 6 nitrogen and oxygen atoms in total. The van der Waals surface area contributed by atoms with Crippen LogP contribution in [-0.4, -0.2) is 59.3 Å². The van der Waals surface area contributed by atoms with Crippen LogP contribution < -0.4 is 4.90 Å². The second-order valence-electron chi connectivity index (χ2n) is 6.62. The predicted octanol–water partition coefficient (Wildman–Crippen LogP) is 2.46. The van der Waals surface area contributed by atoms with E-state index in [9.17, 15) is 9.59 Å². The second-order valence-corrected chi connectivity index (χ2v) is 7.57. The summed E-state index contributed by atoms with van der Waals surface area (Å²) in [5.41, 5.74) is 1.13. The molecule has 0 aliphatic carbocycles. The van der Waals surface area contributed by atoms with Gasteiger partial charge in [-0.3, -0.25) is 14.5 Å². The summed E-state index contributed by atoms with van der Waals surface area (Å²) in [5.74, 6) is 0.633. The van der Waals surface area contributed by atoms with Gasteiger partial charge in [0.2, 0.25) is 0 Å². The number of carbonyl (C=O) groups is 2. The monoisotopic (exact) mass is 382 g/mol. The molecule has 0 saturated carbocycles. The van der Waals surface area contributed by atoms with E-state index in [0.717, 1.165) is 30.2 Å². The van der Waals surface area contributed by atoms with E-state index in [1.807, 2.05) is 42.6 Å². The Morgan fingerprint density at radius 3 is 2.41 bits per heavy atom. The van der Waals surface area contributed by atoms with Crippen molar-refractivity contribution in [3.05, 3.63) is 52.5 Å². The first kappa shape index (κ1) is 17.7. The Bertz CT molecular complexity index is 855. The molecule has 0 bridgehead atoms. The topological polar surface area (TPSA) is 56.8 Å². The zero-order chi connectivity index (χ0) is 18.8. The maximum absolute atomic E-state index is 13.0. The highest BCUT2D eigenvalue weighted by Crippen LogP contribution is 2.34. The summed E-state index contributed by atoms with van der Waals surface area (Å²) in [6.45, 7) is 5.37. The summed E-state index contributed by atoms with van der Waals surface area (Å²) in [4.78, 5) is 37.0. The number of amides is 2. The first-order valence-electron chi connectivity index (χ1n) is 9.26. The smallest absolute Gasteiger partial charge is 0.277 e. The van der Waals surface area contributed by atoms with E-state index in [1.54, 1.807) is 6.20 Å². The molecule has 1 fully saturated rings. The van der Waals surface area contributed by atoms with Crippen LogP contribution >= 0.6 is 11.3 Å². The normalized spacial score (nSPS) is 18.0. The Labute approximate surface area is 162 Å². The van der Waals surface area contributed by atoms with Gasteiger partial charge in [-0.15, -0.1) is 11.3 Å². The summed E-state index contributed by atoms with van der Waals surface area (Å²) >= 11 is 1.51. The highest BCUT2D eigenvalue weighted by atomic mass is 32.1. The van der Waals surface area contributed by atoms with Gasteiger partial charge in [0.25, 0.3) is 11.8 Å². The van der Waals surface area contributed by atoms with Gasteiger partial charge >= 0.3 is 0 Å². The van der Waals surface area contributed by atoms with Gasteiger partial charge < -0.3 is 9.80 Å². The third kappa shape index (κ3) is 3.23. The maximum Gasteiger partial charge on any atom is 0.277 e. The molecule has 2 aromatic heterocycles. The van der Waals surface area contributed by atoms with Crippen LogP contribution in [0.1, 0.15) is 18.2 Å². The van der Waals surface area contributed by atoms with E-state index in [4.69, 9.17) is 0 Å². The van der Waals surface area contributed by atoms with Crippen molar-refractivity contribution >= 4 is 34.5 Å². The van der Waals surface area contributed by atoms with E-state index in [0.29, 0.717) is 30.9 Å². The van der Waals surface area contributed by atoms with Crippen LogP contribution in [0.4, 0.5) is 5.82 Å². The zero-order valence-electron chi connectivity index (χ0n) is 15.3. The predicted molar refractivity (Wildman–Crippen MR) is 106 cm³/mol. The third-order valence-corrected chi connectivity index (χ3v) is 5.81. The number of thiophene rings is 1. The summed E-state index contributed by atoms with van der Waals surface area (Å²) in [5, 5.41) is 1.94. The fraction of sp³-hybridized carbons (Fsp3) is 0.350. The number of imide groups is 1. The summed E-state index contributed by atoms with van der Waals surface area (Å²) in [6, 6.07) is 9.73. The van der Waals surface area contributed by atoms with E-state index in [1.165, 1.54) is 16.2 Å². The largest absolute Gasteiger partial charge is 0.363 e. The standard InChI is InChI=1S/C20H22N4O2S/c1-2-9-24-19(25)17(15-6-5-14-27-15)18(20(24)26)23-12-10-22(11-13-23)16-7-3-4-8-21-16/h3-8,14H,2,9-13H2,1H3. The lowest BCUT2D eigenvalue weighted by Crippen LogP contribution is -2.48. The quantitative estimate of drug-likeness (QED) is 0.744. The zero-order valence-corrected chi connectivity index (χ0v) is 16.1. The van der Waals surface area contributed by atoms with E-state index in [2.05, 4.69) is 14.8 Å². The van der Waals surface area contributed by atoms with Crippen LogP contribution in [-0.2, 0) is 9.59 Å². The number of piperazine rings is 1. The molecule has 0 radical (unpaired) electrons. The van der Waals surface area contributed by atoms with E-state index >= 15 is 0 Å². The number of hydrogen-bond acceptors (Lipinski definition) is 6. The lowest BCUT2D eigenvalue weighted by Gasteiger charge is -2.37. The molecule has 0 atom stereocenters. The van der Waals surface area contributed by atoms with E-state index < -0.39 is 0 Å². The summed E-state index contributed by atoms with van der Waals surface area (Å²) in [6.07, 6.45) is 2.55. The van der Waals surface area contributed by atoms with Crippen LogP contribution in [0.3, 0.4) is 0 Å². The molecule has 0 spiro atoms.